The molecule has 4 heteroatoms. The molecule has 3 nitrogen and oxygen atoms in total. The largest absolute Gasteiger partial charge is 0.468 e. The Kier molecular flexibility index (Phi) is 2.92. The number of anilines is 1. The van der Waals surface area contributed by atoms with Gasteiger partial charge in [0.2, 0.25) is 0 Å². The minimum Gasteiger partial charge on any atom is -0.468 e. The lowest BCUT2D eigenvalue weighted by Crippen LogP contribution is -2.27. The highest BCUT2D eigenvalue weighted by atomic mass is 32.2. The fraction of sp³-hybridized carbons (Fsp3) is 0.250. The summed E-state index contributed by atoms with van der Waals surface area (Å²) in [6.07, 6.45) is 0. The second-order valence-electron chi connectivity index (χ2n) is 3.67. The number of ether oxygens (including phenoxy) is 1. The molecular formula is C12H13NO2S. The van der Waals surface area contributed by atoms with Crippen LogP contribution in [0.5, 0.6) is 0 Å². The van der Waals surface area contributed by atoms with Crippen LogP contribution in [-0.4, -0.2) is 18.3 Å². The first-order valence-electron chi connectivity index (χ1n) is 4.93. The van der Waals surface area contributed by atoms with Crippen molar-refractivity contribution in [2.24, 2.45) is 0 Å². The number of hydrogen-bond acceptors (Lipinski definition) is 4. The van der Waals surface area contributed by atoms with Gasteiger partial charge in [0.25, 0.3) is 0 Å². The minimum atomic E-state index is -0.362. The number of aryl methyl sites for hydroxylation is 1. The van der Waals surface area contributed by atoms with Crippen molar-refractivity contribution < 1.29 is 9.53 Å². The first kappa shape index (κ1) is 11.1. The lowest BCUT2D eigenvalue weighted by atomic mass is 10.2. The highest BCUT2D eigenvalue weighted by Gasteiger charge is 2.29. The van der Waals surface area contributed by atoms with Crippen LogP contribution in [0.4, 0.5) is 5.69 Å². The second-order valence-corrected chi connectivity index (χ2v) is 4.82. The van der Waals surface area contributed by atoms with Crippen molar-refractivity contribution in [1.29, 1.82) is 0 Å². The zero-order valence-corrected chi connectivity index (χ0v) is 10.1. The molecule has 0 fully saturated rings. The normalized spacial score (nSPS) is 18.6. The SMILES string of the molecule is C=C1Nc2ccc(C)cc2SC1C(=O)OC. The number of rotatable bonds is 1. The molecule has 0 spiro atoms. The molecule has 1 aromatic carbocycles. The van der Waals surface area contributed by atoms with Crippen molar-refractivity contribution in [2.75, 3.05) is 12.4 Å². The number of carbonyl (C=O) groups excluding carboxylic acids is 1. The molecule has 16 heavy (non-hydrogen) atoms. The topological polar surface area (TPSA) is 38.3 Å². The molecule has 0 aliphatic carbocycles. The standard InChI is InChI=1S/C12H13NO2S/c1-7-4-5-9-10(6-7)16-11(8(2)13-9)12(14)15-3/h4-6,11,13H,2H2,1,3H3. The molecule has 1 unspecified atom stereocenters. The monoisotopic (exact) mass is 235 g/mol. The van der Waals surface area contributed by atoms with Crippen molar-refractivity contribution in [3.8, 4) is 0 Å². The molecule has 84 valence electrons. The number of hydrogen-bond donors (Lipinski definition) is 1. The van der Waals surface area contributed by atoms with Crippen molar-refractivity contribution in [2.45, 2.75) is 17.1 Å². The number of esters is 1. The maximum atomic E-state index is 11.5. The lowest BCUT2D eigenvalue weighted by Gasteiger charge is -2.26. The van der Waals surface area contributed by atoms with Crippen molar-refractivity contribution in [3.05, 3.63) is 36.0 Å². The van der Waals surface area contributed by atoms with Gasteiger partial charge in [0.05, 0.1) is 12.8 Å². The van der Waals surface area contributed by atoms with E-state index in [1.165, 1.54) is 24.4 Å². The number of nitrogens with one attached hydrogen (secondary N) is 1. The molecule has 1 heterocycles. The van der Waals surface area contributed by atoms with Gasteiger partial charge in [-0.1, -0.05) is 12.6 Å². The Morgan fingerprint density at radius 2 is 2.31 bits per heavy atom. The average Bonchev–Trinajstić information content (AvgIpc) is 2.28. The molecule has 1 aliphatic heterocycles. The van der Waals surface area contributed by atoms with Gasteiger partial charge in [0, 0.05) is 10.6 Å². The van der Waals surface area contributed by atoms with E-state index in [0.29, 0.717) is 5.70 Å². The van der Waals surface area contributed by atoms with Crippen molar-refractivity contribution >= 4 is 23.4 Å². The van der Waals surface area contributed by atoms with E-state index in [1.54, 1.807) is 0 Å². The molecule has 1 aliphatic rings. The van der Waals surface area contributed by atoms with Gasteiger partial charge in [0.15, 0.2) is 0 Å². The van der Waals surface area contributed by atoms with E-state index in [4.69, 9.17) is 4.74 Å². The highest BCUT2D eigenvalue weighted by Crippen LogP contribution is 2.39. The third kappa shape index (κ3) is 1.93. The maximum absolute atomic E-state index is 11.5. The average molecular weight is 235 g/mol. The predicted molar refractivity (Wildman–Crippen MR) is 65.6 cm³/mol. The molecule has 0 saturated carbocycles. The van der Waals surface area contributed by atoms with Crippen LogP contribution in [-0.2, 0) is 9.53 Å². The Labute approximate surface area is 98.9 Å². The van der Waals surface area contributed by atoms with Crippen LogP contribution in [0.15, 0.2) is 35.4 Å². The van der Waals surface area contributed by atoms with E-state index in [-0.39, 0.29) is 11.2 Å². The third-order valence-corrected chi connectivity index (χ3v) is 3.71. The summed E-state index contributed by atoms with van der Waals surface area (Å²) in [5.41, 5.74) is 2.85. The summed E-state index contributed by atoms with van der Waals surface area (Å²) in [6.45, 7) is 5.88. The van der Waals surface area contributed by atoms with E-state index in [9.17, 15) is 4.79 Å². The van der Waals surface area contributed by atoms with Crippen LogP contribution in [0.3, 0.4) is 0 Å². The predicted octanol–water partition coefficient (Wildman–Crippen LogP) is 2.57. The van der Waals surface area contributed by atoms with Gasteiger partial charge >= 0.3 is 5.97 Å². The van der Waals surface area contributed by atoms with Gasteiger partial charge in [-0.15, -0.1) is 11.8 Å². The van der Waals surface area contributed by atoms with E-state index >= 15 is 0 Å². The van der Waals surface area contributed by atoms with Crippen LogP contribution in [0.1, 0.15) is 5.56 Å². The summed E-state index contributed by atoms with van der Waals surface area (Å²) >= 11 is 1.48. The summed E-state index contributed by atoms with van der Waals surface area (Å²) in [7, 11) is 1.39. The summed E-state index contributed by atoms with van der Waals surface area (Å²) in [4.78, 5) is 12.6. The highest BCUT2D eigenvalue weighted by molar-refractivity contribution is 8.01. The number of fused-ring (bicyclic) bond motifs is 1. The van der Waals surface area contributed by atoms with Crippen LogP contribution in [0.25, 0.3) is 0 Å². The first-order chi connectivity index (χ1) is 7.61. The van der Waals surface area contributed by atoms with E-state index in [2.05, 4.69) is 18.0 Å². The summed E-state index contributed by atoms with van der Waals surface area (Å²) < 4.78 is 4.74. The summed E-state index contributed by atoms with van der Waals surface area (Å²) in [5.74, 6) is -0.269. The van der Waals surface area contributed by atoms with Gasteiger partial charge in [-0.05, 0) is 24.6 Å². The molecule has 0 radical (unpaired) electrons. The van der Waals surface area contributed by atoms with Gasteiger partial charge in [0.1, 0.15) is 5.25 Å². The summed E-state index contributed by atoms with van der Waals surface area (Å²) in [5, 5.41) is 2.77. The molecule has 1 N–H and O–H groups in total. The quantitative estimate of drug-likeness (QED) is 0.759. The zero-order valence-electron chi connectivity index (χ0n) is 9.24. The Bertz CT molecular complexity index is 456. The Morgan fingerprint density at radius 3 is 3.00 bits per heavy atom. The molecule has 0 amide bonds. The van der Waals surface area contributed by atoms with Crippen LogP contribution < -0.4 is 5.32 Å². The Hall–Kier alpha value is -1.42. The molecule has 1 atom stereocenters. The van der Waals surface area contributed by atoms with Gasteiger partial charge in [-0.25, -0.2) is 0 Å². The molecule has 1 aromatic rings. The van der Waals surface area contributed by atoms with Gasteiger partial charge < -0.3 is 10.1 Å². The van der Waals surface area contributed by atoms with E-state index in [0.717, 1.165) is 10.6 Å². The molecule has 0 saturated heterocycles. The molecule has 0 bridgehead atoms. The van der Waals surface area contributed by atoms with Crippen LogP contribution in [0.2, 0.25) is 0 Å². The fourth-order valence-corrected chi connectivity index (χ4v) is 2.71. The van der Waals surface area contributed by atoms with Crippen LogP contribution in [0, 0.1) is 6.92 Å². The third-order valence-electron chi connectivity index (χ3n) is 2.41. The Morgan fingerprint density at radius 1 is 1.56 bits per heavy atom. The van der Waals surface area contributed by atoms with E-state index < -0.39 is 0 Å². The Balaban J connectivity index is 2.33. The van der Waals surface area contributed by atoms with Crippen molar-refractivity contribution in [1.82, 2.24) is 0 Å². The van der Waals surface area contributed by atoms with E-state index in [1.807, 2.05) is 19.1 Å². The number of thioether (sulfide) groups is 1. The minimum absolute atomic E-state index is 0.269. The van der Waals surface area contributed by atoms with Crippen molar-refractivity contribution in [3.63, 3.8) is 0 Å². The smallest absolute Gasteiger partial charge is 0.325 e. The van der Waals surface area contributed by atoms with Gasteiger partial charge in [-0.2, -0.15) is 0 Å². The maximum Gasteiger partial charge on any atom is 0.325 e. The number of benzene rings is 1. The summed E-state index contributed by atoms with van der Waals surface area (Å²) in [6, 6.07) is 6.07. The van der Waals surface area contributed by atoms with Crippen LogP contribution >= 0.6 is 11.8 Å². The molecule has 2 rings (SSSR count). The molecule has 0 aromatic heterocycles. The number of carbonyl (C=O) groups is 1. The second kappa shape index (κ2) is 4.22. The zero-order chi connectivity index (χ0) is 11.7. The van der Waals surface area contributed by atoms with Gasteiger partial charge in [-0.3, -0.25) is 4.79 Å². The fourth-order valence-electron chi connectivity index (χ4n) is 1.56. The molecular weight excluding hydrogens is 222 g/mol. The number of methoxy groups -OCH3 is 1. The first-order valence-corrected chi connectivity index (χ1v) is 5.80. The lowest BCUT2D eigenvalue weighted by molar-refractivity contribution is -0.139.